The molecule has 4 rings (SSSR count). The fourth-order valence-electron chi connectivity index (χ4n) is 4.45. The summed E-state index contributed by atoms with van der Waals surface area (Å²) in [6, 6.07) is 12.9. The Morgan fingerprint density at radius 1 is 0.857 bits per heavy atom. The first-order valence-electron chi connectivity index (χ1n) is 14.0. The van der Waals surface area contributed by atoms with Gasteiger partial charge in [-0.3, -0.25) is 15.1 Å². The van der Waals surface area contributed by atoms with Gasteiger partial charge in [-0.25, -0.2) is 14.6 Å². The third kappa shape index (κ3) is 8.52. The van der Waals surface area contributed by atoms with Crippen LogP contribution in [0.1, 0.15) is 57.5 Å². The Labute approximate surface area is 247 Å². The molecule has 222 valence electrons. The maximum Gasteiger partial charge on any atom is 0.412 e. The largest absolute Gasteiger partial charge is 0.444 e. The fourth-order valence-corrected chi connectivity index (χ4v) is 4.45. The van der Waals surface area contributed by atoms with Gasteiger partial charge in [-0.2, -0.15) is 0 Å². The van der Waals surface area contributed by atoms with E-state index >= 15 is 0 Å². The van der Waals surface area contributed by atoms with Crippen molar-refractivity contribution in [3.05, 3.63) is 72.2 Å². The van der Waals surface area contributed by atoms with Gasteiger partial charge in [-0.15, -0.1) is 0 Å². The van der Waals surface area contributed by atoms with Crippen LogP contribution < -0.4 is 10.2 Å². The zero-order chi connectivity index (χ0) is 30.5. The molecular weight excluding hydrogens is 534 g/mol. The van der Waals surface area contributed by atoms with Crippen LogP contribution in [0.5, 0.6) is 0 Å². The van der Waals surface area contributed by atoms with E-state index in [4.69, 9.17) is 9.47 Å². The molecule has 0 radical (unpaired) electrons. The van der Waals surface area contributed by atoms with Gasteiger partial charge < -0.3 is 19.3 Å². The number of carbonyl (C=O) groups is 3. The monoisotopic (exact) mass is 573 g/mol. The molecule has 0 bridgehead atoms. The molecule has 42 heavy (non-hydrogen) atoms. The average Bonchev–Trinajstić information content (AvgIpc) is 2.92. The number of pyridine rings is 2. The molecule has 0 atom stereocenters. The third-order valence-corrected chi connectivity index (χ3v) is 6.41. The minimum Gasteiger partial charge on any atom is -0.444 e. The van der Waals surface area contributed by atoms with Crippen LogP contribution in [-0.2, 0) is 15.9 Å². The highest BCUT2D eigenvalue weighted by atomic mass is 16.6. The molecule has 2 aromatic heterocycles. The van der Waals surface area contributed by atoms with Crippen molar-refractivity contribution in [2.75, 3.05) is 36.4 Å². The van der Waals surface area contributed by atoms with Crippen molar-refractivity contribution in [3.8, 4) is 11.1 Å². The highest BCUT2D eigenvalue weighted by molar-refractivity contribution is 5.99. The molecule has 10 nitrogen and oxygen atoms in total. The van der Waals surface area contributed by atoms with Gasteiger partial charge >= 0.3 is 12.2 Å². The normalized spacial score (nSPS) is 13.9. The molecule has 0 saturated carbocycles. The highest BCUT2D eigenvalue weighted by Gasteiger charge is 2.26. The summed E-state index contributed by atoms with van der Waals surface area (Å²) in [7, 11) is 0. The molecule has 1 saturated heterocycles. The lowest BCUT2D eigenvalue weighted by Crippen LogP contribution is -2.50. The van der Waals surface area contributed by atoms with Crippen LogP contribution in [0.25, 0.3) is 11.1 Å². The molecule has 1 aliphatic rings. The third-order valence-electron chi connectivity index (χ3n) is 6.41. The first-order chi connectivity index (χ1) is 19.8. The van der Waals surface area contributed by atoms with Gasteiger partial charge in [0.2, 0.25) is 0 Å². The molecule has 3 aromatic rings. The van der Waals surface area contributed by atoms with E-state index in [1.165, 1.54) is 0 Å². The van der Waals surface area contributed by atoms with E-state index in [9.17, 15) is 14.4 Å². The second-order valence-corrected chi connectivity index (χ2v) is 12.2. The number of Topliss-reactive ketones (excluding diaryl/α,β-unsaturated/α-hetero) is 1. The molecule has 2 amide bonds. The number of hydrogen-bond donors (Lipinski definition) is 1. The summed E-state index contributed by atoms with van der Waals surface area (Å²) < 4.78 is 10.9. The summed E-state index contributed by atoms with van der Waals surface area (Å²) in [5, 5.41) is 2.79. The predicted molar refractivity (Wildman–Crippen MR) is 162 cm³/mol. The quantitative estimate of drug-likeness (QED) is 0.359. The molecule has 0 spiro atoms. The molecule has 1 fully saturated rings. The second kappa shape index (κ2) is 12.6. The van der Waals surface area contributed by atoms with Crippen LogP contribution in [0.3, 0.4) is 0 Å². The highest BCUT2D eigenvalue weighted by Crippen LogP contribution is 2.27. The topological polar surface area (TPSA) is 114 Å². The number of hydrogen-bond acceptors (Lipinski definition) is 8. The van der Waals surface area contributed by atoms with Gasteiger partial charge in [0.1, 0.15) is 17.0 Å². The predicted octanol–water partition coefficient (Wildman–Crippen LogP) is 5.97. The number of benzene rings is 1. The lowest BCUT2D eigenvalue weighted by Gasteiger charge is -2.36. The molecule has 0 aliphatic carbocycles. The van der Waals surface area contributed by atoms with E-state index < -0.39 is 17.3 Å². The van der Waals surface area contributed by atoms with Crippen LogP contribution >= 0.6 is 0 Å². The van der Waals surface area contributed by atoms with E-state index in [0.717, 1.165) is 16.9 Å². The first kappa shape index (κ1) is 30.5. The average molecular weight is 574 g/mol. The SMILES string of the molecule is CC(C)(C)OC(=O)Nc1ccc(-c2cccnc2)cc1CC(=O)c1ccc(N2CCN(C(=O)OC(C)(C)C)CC2)nc1. The molecule has 3 heterocycles. The van der Waals surface area contributed by atoms with E-state index in [0.29, 0.717) is 43.0 Å². The Hall–Kier alpha value is -4.47. The smallest absolute Gasteiger partial charge is 0.412 e. The number of rotatable bonds is 6. The number of ketones is 1. The summed E-state index contributed by atoms with van der Waals surface area (Å²) >= 11 is 0. The van der Waals surface area contributed by atoms with Crippen molar-refractivity contribution in [2.45, 2.75) is 59.2 Å². The summed E-state index contributed by atoms with van der Waals surface area (Å²) in [5.41, 5.74) is 2.18. The summed E-state index contributed by atoms with van der Waals surface area (Å²) in [4.78, 5) is 50.8. The summed E-state index contributed by atoms with van der Waals surface area (Å²) in [6.45, 7) is 13.2. The summed E-state index contributed by atoms with van der Waals surface area (Å²) in [5.74, 6) is 0.598. The number of aromatic nitrogens is 2. The molecule has 0 unspecified atom stereocenters. The molecule has 1 aliphatic heterocycles. The molecule has 10 heteroatoms. The van der Waals surface area contributed by atoms with Crippen LogP contribution in [0, 0.1) is 0 Å². The molecule has 1 N–H and O–H groups in total. The zero-order valence-electron chi connectivity index (χ0n) is 25.1. The molecule has 1 aromatic carbocycles. The van der Waals surface area contributed by atoms with Gasteiger partial charge in [0.25, 0.3) is 0 Å². The van der Waals surface area contributed by atoms with E-state index in [2.05, 4.69) is 20.2 Å². The number of nitrogens with one attached hydrogen (secondary N) is 1. The maximum atomic E-state index is 13.4. The number of nitrogens with zero attached hydrogens (tertiary/aromatic N) is 4. The Morgan fingerprint density at radius 3 is 2.17 bits per heavy atom. The Balaban J connectivity index is 1.46. The van der Waals surface area contributed by atoms with E-state index in [1.54, 1.807) is 56.4 Å². The van der Waals surface area contributed by atoms with Crippen molar-refractivity contribution in [1.29, 1.82) is 0 Å². The number of piperazine rings is 1. The van der Waals surface area contributed by atoms with Crippen LogP contribution in [-0.4, -0.2) is 70.2 Å². The van der Waals surface area contributed by atoms with Crippen molar-refractivity contribution >= 4 is 29.5 Å². The number of amides is 2. The number of anilines is 2. The van der Waals surface area contributed by atoms with Gasteiger partial charge in [0.05, 0.1) is 0 Å². The Kier molecular flexibility index (Phi) is 9.14. The van der Waals surface area contributed by atoms with Crippen LogP contribution in [0.4, 0.5) is 21.1 Å². The minimum atomic E-state index is -0.661. The molecular formula is C32H39N5O5. The lowest BCUT2D eigenvalue weighted by atomic mass is 9.98. The second-order valence-electron chi connectivity index (χ2n) is 12.2. The first-order valence-corrected chi connectivity index (χ1v) is 14.0. The Bertz CT molecular complexity index is 1400. The minimum absolute atomic E-state index is 0.0504. The maximum absolute atomic E-state index is 13.4. The standard InChI is InChI=1S/C32H39N5O5/c1-31(2,3)41-29(39)35-26-11-9-22(23-8-7-13-33-20-23)18-25(26)19-27(38)24-10-12-28(34-21-24)36-14-16-37(17-15-36)30(40)42-32(4,5)6/h7-13,18,20-21H,14-17,19H2,1-6H3,(H,35,39). The lowest BCUT2D eigenvalue weighted by molar-refractivity contribution is 0.0240. The van der Waals surface area contributed by atoms with Gasteiger partial charge in [0.15, 0.2) is 5.78 Å². The van der Waals surface area contributed by atoms with Crippen molar-refractivity contribution in [3.63, 3.8) is 0 Å². The van der Waals surface area contributed by atoms with Gasteiger partial charge in [-0.1, -0.05) is 12.1 Å². The zero-order valence-corrected chi connectivity index (χ0v) is 25.1. The van der Waals surface area contributed by atoms with Crippen LogP contribution in [0.15, 0.2) is 61.1 Å². The van der Waals surface area contributed by atoms with Gasteiger partial charge in [0, 0.05) is 62.4 Å². The number of ether oxygens (including phenoxy) is 2. The van der Waals surface area contributed by atoms with E-state index in [-0.39, 0.29) is 18.3 Å². The fraction of sp³-hybridized carbons (Fsp3) is 0.406. The van der Waals surface area contributed by atoms with Crippen molar-refractivity contribution in [1.82, 2.24) is 14.9 Å². The van der Waals surface area contributed by atoms with E-state index in [1.807, 2.05) is 51.1 Å². The van der Waals surface area contributed by atoms with Crippen LogP contribution in [0.2, 0.25) is 0 Å². The van der Waals surface area contributed by atoms with Crippen molar-refractivity contribution < 1.29 is 23.9 Å². The Morgan fingerprint density at radius 2 is 1.57 bits per heavy atom. The number of carbonyl (C=O) groups excluding carboxylic acids is 3. The summed E-state index contributed by atoms with van der Waals surface area (Å²) in [6.07, 6.45) is 4.16. The van der Waals surface area contributed by atoms with Gasteiger partial charge in [-0.05, 0) is 88.6 Å². The van der Waals surface area contributed by atoms with Crippen molar-refractivity contribution in [2.24, 2.45) is 0 Å².